The Kier molecular flexibility index (Phi) is 2.05. The zero-order valence-electron chi connectivity index (χ0n) is 8.50. The first-order valence-electron chi connectivity index (χ1n) is 5.70. The van der Waals surface area contributed by atoms with Crippen molar-refractivity contribution >= 4 is 0 Å². The van der Waals surface area contributed by atoms with E-state index < -0.39 is 0 Å². The highest BCUT2D eigenvalue weighted by Crippen LogP contribution is 2.26. The lowest BCUT2D eigenvalue weighted by molar-refractivity contribution is 0.453. The van der Waals surface area contributed by atoms with E-state index in [1.54, 1.807) is 0 Å². The second kappa shape index (κ2) is 3.39. The molecule has 0 atom stereocenters. The van der Waals surface area contributed by atoms with Gasteiger partial charge in [0.2, 0.25) is 0 Å². The summed E-state index contributed by atoms with van der Waals surface area (Å²) in [7, 11) is 0. The number of imidazole rings is 1. The molecule has 0 bridgehead atoms. The Morgan fingerprint density at radius 3 is 3.00 bits per heavy atom. The van der Waals surface area contributed by atoms with Crippen molar-refractivity contribution in [1.82, 2.24) is 14.9 Å². The minimum atomic E-state index is 0.717. The van der Waals surface area contributed by atoms with E-state index in [2.05, 4.69) is 16.1 Å². The predicted molar refractivity (Wildman–Crippen MR) is 55.4 cm³/mol. The Balaban J connectivity index is 1.82. The first-order chi connectivity index (χ1) is 6.93. The molecule has 0 amide bonds. The molecule has 1 aromatic rings. The Morgan fingerprint density at radius 1 is 1.36 bits per heavy atom. The topological polar surface area (TPSA) is 29.9 Å². The molecule has 3 heterocycles. The van der Waals surface area contributed by atoms with Gasteiger partial charge in [0.15, 0.2) is 0 Å². The van der Waals surface area contributed by atoms with Crippen molar-refractivity contribution in [2.75, 3.05) is 13.1 Å². The smallest absolute Gasteiger partial charge is 0.109 e. The number of hydrogen-bond donors (Lipinski definition) is 1. The molecule has 3 rings (SSSR count). The highest BCUT2D eigenvalue weighted by molar-refractivity contribution is 5.12. The van der Waals surface area contributed by atoms with Gasteiger partial charge in [0.25, 0.3) is 0 Å². The first-order valence-corrected chi connectivity index (χ1v) is 5.70. The second-order valence-corrected chi connectivity index (χ2v) is 4.40. The van der Waals surface area contributed by atoms with Crippen molar-refractivity contribution in [3.8, 4) is 0 Å². The number of nitrogens with one attached hydrogen (secondary N) is 1. The van der Waals surface area contributed by atoms with Gasteiger partial charge in [0.05, 0.1) is 5.69 Å². The summed E-state index contributed by atoms with van der Waals surface area (Å²) in [5.74, 6) is 2.04. The van der Waals surface area contributed by atoms with Crippen LogP contribution < -0.4 is 5.32 Å². The van der Waals surface area contributed by atoms with Crippen LogP contribution in [-0.2, 0) is 13.0 Å². The number of aromatic nitrogens is 2. The van der Waals surface area contributed by atoms with E-state index in [9.17, 15) is 0 Å². The molecule has 0 aromatic carbocycles. The normalized spacial score (nSPS) is 22.6. The van der Waals surface area contributed by atoms with Crippen molar-refractivity contribution in [2.24, 2.45) is 0 Å². The number of aryl methyl sites for hydroxylation is 2. The van der Waals surface area contributed by atoms with Gasteiger partial charge in [-0.2, -0.15) is 0 Å². The van der Waals surface area contributed by atoms with Gasteiger partial charge in [-0.3, -0.25) is 0 Å². The maximum atomic E-state index is 4.75. The highest BCUT2D eigenvalue weighted by Gasteiger charge is 2.21. The molecule has 14 heavy (non-hydrogen) atoms. The number of piperidine rings is 1. The monoisotopic (exact) mass is 191 g/mol. The van der Waals surface area contributed by atoms with Gasteiger partial charge >= 0.3 is 0 Å². The van der Waals surface area contributed by atoms with E-state index >= 15 is 0 Å². The van der Waals surface area contributed by atoms with E-state index in [-0.39, 0.29) is 0 Å². The molecule has 0 aliphatic carbocycles. The van der Waals surface area contributed by atoms with Gasteiger partial charge in [-0.1, -0.05) is 0 Å². The average Bonchev–Trinajstić information content (AvgIpc) is 2.78. The Labute approximate surface area is 84.5 Å². The van der Waals surface area contributed by atoms with E-state index in [0.29, 0.717) is 5.92 Å². The minimum Gasteiger partial charge on any atom is -0.335 e. The van der Waals surface area contributed by atoms with E-state index in [4.69, 9.17) is 4.98 Å². The van der Waals surface area contributed by atoms with Gasteiger partial charge in [-0.15, -0.1) is 0 Å². The van der Waals surface area contributed by atoms with Crippen molar-refractivity contribution in [2.45, 2.75) is 38.1 Å². The number of fused-ring (bicyclic) bond motifs is 1. The lowest BCUT2D eigenvalue weighted by Gasteiger charge is -2.20. The molecule has 3 nitrogen and oxygen atoms in total. The molecule has 2 aliphatic rings. The van der Waals surface area contributed by atoms with Crippen LogP contribution in [-0.4, -0.2) is 22.6 Å². The van der Waals surface area contributed by atoms with Gasteiger partial charge < -0.3 is 9.88 Å². The van der Waals surface area contributed by atoms with Crippen LogP contribution >= 0.6 is 0 Å². The van der Waals surface area contributed by atoms with E-state index in [1.165, 1.54) is 43.7 Å². The molecule has 76 valence electrons. The lowest BCUT2D eigenvalue weighted by Crippen LogP contribution is -2.26. The number of hydrogen-bond acceptors (Lipinski definition) is 2. The third kappa shape index (κ3) is 1.36. The largest absolute Gasteiger partial charge is 0.335 e. The van der Waals surface area contributed by atoms with Gasteiger partial charge in [0.1, 0.15) is 5.82 Å². The summed E-state index contributed by atoms with van der Waals surface area (Å²) in [6.45, 7) is 3.51. The summed E-state index contributed by atoms with van der Waals surface area (Å²) in [4.78, 5) is 4.75. The third-order valence-corrected chi connectivity index (χ3v) is 3.43. The third-order valence-electron chi connectivity index (χ3n) is 3.43. The zero-order chi connectivity index (χ0) is 9.38. The standard InChI is InChI=1S/C11H17N3/c1-2-11-13-10(8-14(11)7-1)9-3-5-12-6-4-9/h8-9,12H,1-7H2. The van der Waals surface area contributed by atoms with Crippen LogP contribution in [0.15, 0.2) is 6.20 Å². The summed E-state index contributed by atoms with van der Waals surface area (Å²) < 4.78 is 2.34. The molecule has 1 aromatic heterocycles. The molecular weight excluding hydrogens is 174 g/mol. The van der Waals surface area contributed by atoms with Crippen LogP contribution in [0.5, 0.6) is 0 Å². The molecule has 1 saturated heterocycles. The Morgan fingerprint density at radius 2 is 2.21 bits per heavy atom. The second-order valence-electron chi connectivity index (χ2n) is 4.40. The fourth-order valence-electron chi connectivity index (χ4n) is 2.59. The summed E-state index contributed by atoms with van der Waals surface area (Å²) in [6, 6.07) is 0. The van der Waals surface area contributed by atoms with E-state index in [1.807, 2.05) is 0 Å². The van der Waals surface area contributed by atoms with Crippen molar-refractivity contribution in [3.05, 3.63) is 17.7 Å². The molecule has 0 spiro atoms. The summed E-state index contributed by atoms with van der Waals surface area (Å²) in [5, 5.41) is 3.40. The molecule has 3 heteroatoms. The summed E-state index contributed by atoms with van der Waals surface area (Å²) >= 11 is 0. The number of rotatable bonds is 1. The van der Waals surface area contributed by atoms with Crippen molar-refractivity contribution < 1.29 is 0 Å². The average molecular weight is 191 g/mol. The van der Waals surface area contributed by atoms with Gasteiger partial charge in [-0.25, -0.2) is 4.98 Å². The molecule has 0 radical (unpaired) electrons. The molecule has 0 unspecified atom stereocenters. The number of nitrogens with zero attached hydrogens (tertiary/aromatic N) is 2. The maximum Gasteiger partial charge on any atom is 0.109 e. The molecule has 1 N–H and O–H groups in total. The predicted octanol–water partition coefficient (Wildman–Crippen LogP) is 1.30. The quantitative estimate of drug-likeness (QED) is 0.725. The highest BCUT2D eigenvalue weighted by atomic mass is 15.1. The Hall–Kier alpha value is -0.830. The van der Waals surface area contributed by atoms with Crippen molar-refractivity contribution in [3.63, 3.8) is 0 Å². The zero-order valence-corrected chi connectivity index (χ0v) is 8.50. The Bertz CT molecular complexity index is 302. The molecule has 2 aliphatic heterocycles. The minimum absolute atomic E-state index is 0.717. The fourth-order valence-corrected chi connectivity index (χ4v) is 2.59. The van der Waals surface area contributed by atoms with Crippen LogP contribution in [0.2, 0.25) is 0 Å². The lowest BCUT2D eigenvalue weighted by atomic mass is 9.95. The summed E-state index contributed by atoms with van der Waals surface area (Å²) in [5.41, 5.74) is 1.35. The van der Waals surface area contributed by atoms with Crippen LogP contribution in [0.4, 0.5) is 0 Å². The molecular formula is C11H17N3. The van der Waals surface area contributed by atoms with Gasteiger partial charge in [0, 0.05) is 25.1 Å². The first kappa shape index (κ1) is 8.48. The van der Waals surface area contributed by atoms with Crippen LogP contribution in [0.1, 0.15) is 36.7 Å². The van der Waals surface area contributed by atoms with Crippen LogP contribution in [0, 0.1) is 0 Å². The summed E-state index contributed by atoms with van der Waals surface area (Å²) in [6.07, 6.45) is 7.28. The molecule has 1 fully saturated rings. The fraction of sp³-hybridized carbons (Fsp3) is 0.727. The van der Waals surface area contributed by atoms with Crippen LogP contribution in [0.25, 0.3) is 0 Å². The van der Waals surface area contributed by atoms with Gasteiger partial charge in [-0.05, 0) is 32.4 Å². The maximum absolute atomic E-state index is 4.75. The van der Waals surface area contributed by atoms with E-state index in [0.717, 1.165) is 13.1 Å². The van der Waals surface area contributed by atoms with Crippen molar-refractivity contribution in [1.29, 1.82) is 0 Å². The SMILES string of the molecule is c1c(C2CCNCC2)nc2n1CCC2. The molecule has 0 saturated carbocycles. The van der Waals surface area contributed by atoms with Crippen LogP contribution in [0.3, 0.4) is 0 Å².